The third-order valence-electron chi connectivity index (χ3n) is 6.84. The van der Waals surface area contributed by atoms with E-state index in [1.54, 1.807) is 0 Å². The van der Waals surface area contributed by atoms with E-state index in [0.29, 0.717) is 31.5 Å². The van der Waals surface area contributed by atoms with Gasteiger partial charge >= 0.3 is 11.9 Å². The lowest BCUT2D eigenvalue weighted by molar-refractivity contribution is -0.161. The van der Waals surface area contributed by atoms with E-state index in [2.05, 4.69) is 50.3 Å². The van der Waals surface area contributed by atoms with Crippen molar-refractivity contribution in [2.75, 3.05) is 13.2 Å². The van der Waals surface area contributed by atoms with Crippen molar-refractivity contribution in [1.82, 2.24) is 0 Å². The van der Waals surface area contributed by atoms with Crippen molar-refractivity contribution in [3.8, 4) is 0 Å². The van der Waals surface area contributed by atoms with Gasteiger partial charge in [0.1, 0.15) is 6.61 Å². The minimum absolute atomic E-state index is 0.0992. The molecule has 1 N–H and O–H groups in total. The summed E-state index contributed by atoms with van der Waals surface area (Å²) in [5.74, 6) is -0.676. The number of hydrogen-bond donors (Lipinski definition) is 1. The zero-order valence-electron chi connectivity index (χ0n) is 24.8. The molecule has 2 unspecified atom stereocenters. The lowest BCUT2D eigenvalue weighted by Crippen LogP contribution is -2.28. The average Bonchev–Trinajstić information content (AvgIpc) is 3.69. The number of allylic oxidation sites excluding steroid dienone is 4. The van der Waals surface area contributed by atoms with E-state index in [9.17, 15) is 14.7 Å². The Kier molecular flexibility index (Phi) is 22.6. The highest BCUT2D eigenvalue weighted by Crippen LogP contribution is 2.29. The molecule has 0 spiro atoms. The van der Waals surface area contributed by atoms with Gasteiger partial charge in [0.05, 0.1) is 18.8 Å². The number of esters is 2. The highest BCUT2D eigenvalue weighted by Gasteiger charge is 2.35. The molecule has 6 heteroatoms. The van der Waals surface area contributed by atoms with Gasteiger partial charge in [0.15, 0.2) is 6.10 Å². The van der Waals surface area contributed by atoms with Crippen LogP contribution in [0.4, 0.5) is 0 Å². The van der Waals surface area contributed by atoms with Crippen LogP contribution in [0.5, 0.6) is 0 Å². The maximum absolute atomic E-state index is 12.0. The average molecular weight is 549 g/mol. The van der Waals surface area contributed by atoms with Gasteiger partial charge in [-0.3, -0.25) is 9.59 Å². The predicted molar refractivity (Wildman–Crippen MR) is 158 cm³/mol. The van der Waals surface area contributed by atoms with E-state index in [-0.39, 0.29) is 25.2 Å². The van der Waals surface area contributed by atoms with Crippen molar-refractivity contribution in [2.24, 2.45) is 0 Å². The van der Waals surface area contributed by atoms with Gasteiger partial charge in [0.25, 0.3) is 0 Å². The first kappa shape index (κ1) is 35.1. The third kappa shape index (κ3) is 21.6. The molecule has 1 rings (SSSR count). The molecule has 0 aromatic carbocycles. The van der Waals surface area contributed by atoms with Crippen LogP contribution in [-0.4, -0.2) is 48.6 Å². The van der Waals surface area contributed by atoms with Crippen LogP contribution < -0.4 is 0 Å². The van der Waals surface area contributed by atoms with Crippen molar-refractivity contribution in [3.05, 3.63) is 36.5 Å². The molecule has 39 heavy (non-hydrogen) atoms. The van der Waals surface area contributed by atoms with Crippen LogP contribution in [0.3, 0.4) is 0 Å². The monoisotopic (exact) mass is 548 g/mol. The fourth-order valence-electron chi connectivity index (χ4n) is 4.29. The second-order valence-corrected chi connectivity index (χ2v) is 10.6. The summed E-state index contributed by atoms with van der Waals surface area (Å²) in [4.78, 5) is 24.0. The Balaban J connectivity index is 1.99. The normalized spacial score (nSPS) is 17.8. The number of epoxide rings is 1. The molecule has 0 aliphatic carbocycles. The molecule has 0 radical (unpaired) electrons. The topological polar surface area (TPSA) is 85.4 Å². The lowest BCUT2D eigenvalue weighted by Gasteiger charge is -2.15. The Morgan fingerprint density at radius 1 is 0.718 bits per heavy atom. The Morgan fingerprint density at radius 2 is 1.28 bits per heavy atom. The van der Waals surface area contributed by atoms with E-state index >= 15 is 0 Å². The van der Waals surface area contributed by atoms with Crippen LogP contribution in [0.1, 0.15) is 129 Å². The van der Waals surface area contributed by atoms with Crippen LogP contribution >= 0.6 is 0 Å². The van der Waals surface area contributed by atoms with Crippen molar-refractivity contribution < 1.29 is 28.9 Å². The van der Waals surface area contributed by atoms with Gasteiger partial charge < -0.3 is 19.3 Å². The van der Waals surface area contributed by atoms with Crippen molar-refractivity contribution in [1.29, 1.82) is 0 Å². The second-order valence-electron chi connectivity index (χ2n) is 10.6. The molecule has 0 saturated carbocycles. The molecule has 1 heterocycles. The zero-order chi connectivity index (χ0) is 28.4. The van der Waals surface area contributed by atoms with Crippen molar-refractivity contribution in [2.45, 2.75) is 148 Å². The molecule has 0 aromatic heterocycles. The standard InChI is InChI=1S/C33H56O6/c1-3-5-7-9-11-12-14-15-19-23-30-31(39-30)24-20-17-18-21-25-32(35)37-28-29(27-34)38-33(36)26-22-16-13-10-8-6-4-2/h11-12,15,17,19-20,29-31,34H,3-10,13-14,16,18,21-28H2,1-2H3/b12-11-,19-15-,20-17-/t29-,30?,31?/m0/s1. The number of ether oxygens (including phenoxy) is 3. The summed E-state index contributed by atoms with van der Waals surface area (Å²) >= 11 is 0. The number of aliphatic hydroxyl groups excluding tert-OH is 1. The fourth-order valence-corrected chi connectivity index (χ4v) is 4.29. The van der Waals surface area contributed by atoms with Gasteiger partial charge in [-0.25, -0.2) is 0 Å². The molecule has 3 atom stereocenters. The molecule has 0 aromatic rings. The molecule has 1 fully saturated rings. The summed E-state index contributed by atoms with van der Waals surface area (Å²) in [5, 5.41) is 9.44. The second kappa shape index (κ2) is 25.1. The molecular formula is C33H56O6. The third-order valence-corrected chi connectivity index (χ3v) is 6.84. The van der Waals surface area contributed by atoms with Crippen LogP contribution in [-0.2, 0) is 23.8 Å². The lowest BCUT2D eigenvalue weighted by atomic mass is 10.1. The maximum atomic E-state index is 12.0. The molecule has 0 amide bonds. The Labute approximate surface area is 238 Å². The molecule has 1 aliphatic rings. The first-order chi connectivity index (χ1) is 19.1. The van der Waals surface area contributed by atoms with Gasteiger partial charge in [-0.2, -0.15) is 0 Å². The first-order valence-corrected chi connectivity index (χ1v) is 15.7. The first-order valence-electron chi connectivity index (χ1n) is 15.7. The molecule has 1 saturated heterocycles. The molecular weight excluding hydrogens is 492 g/mol. The molecule has 0 bridgehead atoms. The number of aliphatic hydroxyl groups is 1. The highest BCUT2D eigenvalue weighted by molar-refractivity contribution is 5.70. The Hall–Kier alpha value is -1.92. The summed E-state index contributed by atoms with van der Waals surface area (Å²) in [7, 11) is 0. The van der Waals surface area contributed by atoms with E-state index in [1.807, 2.05) is 0 Å². The quantitative estimate of drug-likeness (QED) is 0.0511. The maximum Gasteiger partial charge on any atom is 0.306 e. The zero-order valence-corrected chi connectivity index (χ0v) is 24.8. The highest BCUT2D eigenvalue weighted by atomic mass is 16.6. The van der Waals surface area contributed by atoms with Gasteiger partial charge in [0, 0.05) is 12.8 Å². The predicted octanol–water partition coefficient (Wildman–Crippen LogP) is 7.93. The minimum atomic E-state index is -0.792. The molecule has 1 aliphatic heterocycles. The molecule has 224 valence electrons. The van der Waals surface area contributed by atoms with Crippen molar-refractivity contribution >= 4 is 11.9 Å². The van der Waals surface area contributed by atoms with Crippen LogP contribution in [0.15, 0.2) is 36.5 Å². The Bertz CT molecular complexity index is 698. The van der Waals surface area contributed by atoms with Crippen LogP contribution in [0.2, 0.25) is 0 Å². The molecule has 6 nitrogen and oxygen atoms in total. The minimum Gasteiger partial charge on any atom is -0.462 e. The summed E-state index contributed by atoms with van der Waals surface area (Å²) < 4.78 is 16.2. The number of rotatable bonds is 26. The van der Waals surface area contributed by atoms with Gasteiger partial charge in [-0.15, -0.1) is 0 Å². The largest absolute Gasteiger partial charge is 0.462 e. The van der Waals surface area contributed by atoms with Gasteiger partial charge in [-0.1, -0.05) is 102 Å². The SMILES string of the molecule is CCCCC/C=C\C/C=C\CC1OC1C/C=C\CCCC(=O)OC[C@H](CO)OC(=O)CCCCCCCCC. The smallest absolute Gasteiger partial charge is 0.306 e. The van der Waals surface area contributed by atoms with E-state index in [1.165, 1.54) is 51.4 Å². The van der Waals surface area contributed by atoms with Gasteiger partial charge in [0.2, 0.25) is 0 Å². The fraction of sp³-hybridized carbons (Fsp3) is 0.758. The number of hydrogen-bond acceptors (Lipinski definition) is 6. The number of carbonyl (C=O) groups is 2. The summed E-state index contributed by atoms with van der Waals surface area (Å²) in [6.45, 7) is 3.97. The number of unbranched alkanes of at least 4 members (excludes halogenated alkanes) is 10. The van der Waals surface area contributed by atoms with E-state index in [4.69, 9.17) is 14.2 Å². The van der Waals surface area contributed by atoms with Gasteiger partial charge in [-0.05, 0) is 51.4 Å². The summed E-state index contributed by atoms with van der Waals surface area (Å²) in [6.07, 6.45) is 31.0. The number of carbonyl (C=O) groups excluding carboxylic acids is 2. The van der Waals surface area contributed by atoms with Crippen molar-refractivity contribution in [3.63, 3.8) is 0 Å². The Morgan fingerprint density at radius 3 is 2.00 bits per heavy atom. The summed E-state index contributed by atoms with van der Waals surface area (Å²) in [6, 6.07) is 0. The van der Waals surface area contributed by atoms with Crippen LogP contribution in [0.25, 0.3) is 0 Å². The van der Waals surface area contributed by atoms with Crippen LogP contribution in [0, 0.1) is 0 Å². The van der Waals surface area contributed by atoms with E-state index in [0.717, 1.165) is 44.9 Å². The van der Waals surface area contributed by atoms with E-state index < -0.39 is 6.10 Å². The summed E-state index contributed by atoms with van der Waals surface area (Å²) in [5.41, 5.74) is 0.